The molecular formula is C24H21ClF3N7O. The molecule has 0 aliphatic carbocycles. The number of alkyl halides is 3. The average Bonchev–Trinajstić information content (AvgIpc) is 2.87. The van der Waals surface area contributed by atoms with E-state index >= 15 is 0 Å². The molecule has 4 heterocycles. The van der Waals surface area contributed by atoms with E-state index in [4.69, 9.17) is 16.3 Å². The zero-order chi connectivity index (χ0) is 25.3. The van der Waals surface area contributed by atoms with Gasteiger partial charge in [-0.3, -0.25) is 9.97 Å². The van der Waals surface area contributed by atoms with E-state index in [0.29, 0.717) is 42.6 Å². The predicted molar refractivity (Wildman–Crippen MR) is 132 cm³/mol. The number of nitrogens with zero attached hydrogens (tertiary/aromatic N) is 6. The molecule has 0 unspecified atom stereocenters. The summed E-state index contributed by atoms with van der Waals surface area (Å²) in [6.07, 6.45) is 0.0477. The highest BCUT2D eigenvalue weighted by molar-refractivity contribution is 6.31. The predicted octanol–water partition coefficient (Wildman–Crippen LogP) is 5.17. The molecule has 3 aromatic heterocycles. The molecule has 12 heteroatoms. The molecule has 36 heavy (non-hydrogen) atoms. The van der Waals surface area contributed by atoms with Gasteiger partial charge in [-0.15, -0.1) is 0 Å². The van der Waals surface area contributed by atoms with Gasteiger partial charge in [-0.25, -0.2) is 4.98 Å². The number of fused-ring (bicyclic) bond motifs is 1. The van der Waals surface area contributed by atoms with E-state index in [9.17, 15) is 13.2 Å². The third-order valence-corrected chi connectivity index (χ3v) is 6.07. The molecule has 1 saturated heterocycles. The van der Waals surface area contributed by atoms with Gasteiger partial charge in [0.05, 0.1) is 30.7 Å². The van der Waals surface area contributed by atoms with E-state index in [2.05, 4.69) is 30.2 Å². The molecule has 0 radical (unpaired) electrons. The summed E-state index contributed by atoms with van der Waals surface area (Å²) >= 11 is 6.10. The minimum atomic E-state index is -4.63. The van der Waals surface area contributed by atoms with Crippen molar-refractivity contribution in [2.45, 2.75) is 6.18 Å². The molecule has 1 fully saturated rings. The van der Waals surface area contributed by atoms with Crippen LogP contribution in [0.3, 0.4) is 0 Å². The molecular weight excluding hydrogens is 495 g/mol. The normalized spacial score (nSPS) is 14.2. The number of anilines is 4. The fourth-order valence-electron chi connectivity index (χ4n) is 4.08. The highest BCUT2D eigenvalue weighted by Crippen LogP contribution is 2.33. The summed E-state index contributed by atoms with van der Waals surface area (Å²) in [6, 6.07) is 10.1. The van der Waals surface area contributed by atoms with Crippen LogP contribution in [-0.4, -0.2) is 53.2 Å². The van der Waals surface area contributed by atoms with Gasteiger partial charge >= 0.3 is 6.18 Å². The van der Waals surface area contributed by atoms with Gasteiger partial charge in [0.1, 0.15) is 11.6 Å². The first-order valence-electron chi connectivity index (χ1n) is 11.1. The van der Waals surface area contributed by atoms with Gasteiger partial charge < -0.3 is 19.9 Å². The second-order valence-corrected chi connectivity index (χ2v) is 8.57. The van der Waals surface area contributed by atoms with Crippen molar-refractivity contribution in [1.82, 2.24) is 19.9 Å². The van der Waals surface area contributed by atoms with Crippen molar-refractivity contribution in [1.29, 1.82) is 0 Å². The monoisotopic (exact) mass is 515 g/mol. The lowest BCUT2D eigenvalue weighted by Crippen LogP contribution is -2.47. The van der Waals surface area contributed by atoms with Crippen LogP contribution in [0.15, 0.2) is 55.0 Å². The van der Waals surface area contributed by atoms with Gasteiger partial charge in [0.2, 0.25) is 5.95 Å². The Morgan fingerprint density at radius 1 is 0.972 bits per heavy atom. The molecule has 8 nitrogen and oxygen atoms in total. The lowest BCUT2D eigenvalue weighted by molar-refractivity contribution is -0.141. The maximum absolute atomic E-state index is 13.6. The quantitative estimate of drug-likeness (QED) is 0.390. The molecule has 1 aliphatic rings. The lowest BCUT2D eigenvalue weighted by Gasteiger charge is -2.37. The standard InChI is InChI=1S/C24H21ClF3N7O/c1-36-17-11-16(13-29-14-17)31-23-32-21(24(26,27)28)12-22(33-23)35-8-6-34(7-9-35)20-4-5-30-19-10-15(25)2-3-18(19)20/h2-5,10-14H,6-9H2,1H3,(H,31,32,33). The molecule has 1 aromatic carbocycles. The number of hydrogen-bond donors (Lipinski definition) is 1. The second kappa shape index (κ2) is 9.65. The first-order valence-corrected chi connectivity index (χ1v) is 11.4. The lowest BCUT2D eigenvalue weighted by atomic mass is 10.1. The Morgan fingerprint density at radius 3 is 2.50 bits per heavy atom. The summed E-state index contributed by atoms with van der Waals surface area (Å²) < 4.78 is 46.0. The third kappa shape index (κ3) is 5.06. The van der Waals surface area contributed by atoms with Crippen LogP contribution in [0.2, 0.25) is 5.02 Å². The number of ether oxygens (including phenoxy) is 1. The Labute approximate surface area is 209 Å². The largest absolute Gasteiger partial charge is 0.495 e. The third-order valence-electron chi connectivity index (χ3n) is 5.83. The van der Waals surface area contributed by atoms with E-state index in [-0.39, 0.29) is 11.8 Å². The van der Waals surface area contributed by atoms with E-state index in [1.54, 1.807) is 12.3 Å². The van der Waals surface area contributed by atoms with Gasteiger partial charge in [-0.1, -0.05) is 11.6 Å². The van der Waals surface area contributed by atoms with Crippen molar-refractivity contribution in [3.05, 3.63) is 65.7 Å². The van der Waals surface area contributed by atoms with Crippen LogP contribution in [0.1, 0.15) is 5.69 Å². The van der Waals surface area contributed by atoms with Crippen molar-refractivity contribution >= 4 is 45.6 Å². The number of benzene rings is 1. The SMILES string of the molecule is COc1cncc(Nc2nc(N3CCN(c4ccnc5cc(Cl)ccc45)CC3)cc(C(F)(F)F)n2)c1. The highest BCUT2D eigenvalue weighted by Gasteiger charge is 2.34. The van der Waals surface area contributed by atoms with E-state index in [1.165, 1.54) is 19.5 Å². The smallest absolute Gasteiger partial charge is 0.433 e. The van der Waals surface area contributed by atoms with Crippen LogP contribution in [0, 0.1) is 0 Å². The van der Waals surface area contributed by atoms with Gasteiger partial charge in [0, 0.05) is 60.6 Å². The van der Waals surface area contributed by atoms with Crippen LogP contribution in [0.5, 0.6) is 5.75 Å². The average molecular weight is 516 g/mol. The summed E-state index contributed by atoms with van der Waals surface area (Å²) in [5.41, 5.74) is 1.18. The first kappa shape index (κ1) is 23.9. The van der Waals surface area contributed by atoms with Crippen molar-refractivity contribution in [3.8, 4) is 5.75 Å². The van der Waals surface area contributed by atoms with Gasteiger partial charge in [0.25, 0.3) is 0 Å². The Balaban J connectivity index is 1.38. The van der Waals surface area contributed by atoms with Crippen LogP contribution < -0.4 is 19.9 Å². The number of nitrogens with one attached hydrogen (secondary N) is 1. The van der Waals surface area contributed by atoms with Crippen molar-refractivity contribution in [3.63, 3.8) is 0 Å². The number of hydrogen-bond acceptors (Lipinski definition) is 8. The summed E-state index contributed by atoms with van der Waals surface area (Å²) in [7, 11) is 1.48. The molecule has 186 valence electrons. The highest BCUT2D eigenvalue weighted by atomic mass is 35.5. The molecule has 4 aromatic rings. The topological polar surface area (TPSA) is 79.3 Å². The molecule has 5 rings (SSSR count). The Morgan fingerprint density at radius 2 is 1.75 bits per heavy atom. The summed E-state index contributed by atoms with van der Waals surface area (Å²) in [5, 5.41) is 4.38. The van der Waals surface area contributed by atoms with E-state index in [0.717, 1.165) is 22.7 Å². The molecule has 0 atom stereocenters. The first-order chi connectivity index (χ1) is 17.3. The fourth-order valence-corrected chi connectivity index (χ4v) is 4.25. The van der Waals surface area contributed by atoms with Crippen molar-refractivity contribution < 1.29 is 17.9 Å². The molecule has 0 bridgehead atoms. The van der Waals surface area contributed by atoms with Gasteiger partial charge in [-0.2, -0.15) is 18.2 Å². The molecule has 1 aliphatic heterocycles. The number of halogens is 4. The number of pyridine rings is 2. The van der Waals surface area contributed by atoms with Crippen LogP contribution >= 0.6 is 11.6 Å². The van der Waals surface area contributed by atoms with Gasteiger partial charge in [-0.05, 0) is 24.3 Å². The minimum Gasteiger partial charge on any atom is -0.495 e. The molecule has 0 amide bonds. The zero-order valence-electron chi connectivity index (χ0n) is 19.1. The fraction of sp³-hybridized carbons (Fsp3) is 0.250. The van der Waals surface area contributed by atoms with Crippen molar-refractivity contribution in [2.75, 3.05) is 48.4 Å². The summed E-state index contributed by atoms with van der Waals surface area (Å²) in [5.74, 6) is 0.477. The number of rotatable bonds is 5. The van der Waals surface area contributed by atoms with E-state index in [1.807, 2.05) is 29.2 Å². The van der Waals surface area contributed by atoms with Gasteiger partial charge in [0.15, 0.2) is 5.69 Å². The minimum absolute atomic E-state index is 0.172. The molecule has 0 saturated carbocycles. The summed E-state index contributed by atoms with van der Waals surface area (Å²) in [6.45, 7) is 2.14. The number of piperazine rings is 1. The van der Waals surface area contributed by atoms with Crippen LogP contribution in [-0.2, 0) is 6.18 Å². The van der Waals surface area contributed by atoms with Crippen molar-refractivity contribution in [2.24, 2.45) is 0 Å². The molecule has 1 N–H and O–H groups in total. The number of aromatic nitrogens is 4. The Hall–Kier alpha value is -3.86. The maximum Gasteiger partial charge on any atom is 0.433 e. The summed E-state index contributed by atoms with van der Waals surface area (Å²) in [4.78, 5) is 20.4. The van der Waals surface area contributed by atoms with E-state index < -0.39 is 11.9 Å². The Kier molecular flexibility index (Phi) is 6.40. The second-order valence-electron chi connectivity index (χ2n) is 8.14. The van der Waals surface area contributed by atoms with Crippen LogP contribution in [0.25, 0.3) is 10.9 Å². The maximum atomic E-state index is 13.6. The molecule has 0 spiro atoms. The number of methoxy groups -OCH3 is 1. The Bertz CT molecular complexity index is 1390. The van der Waals surface area contributed by atoms with Crippen LogP contribution in [0.4, 0.5) is 36.3 Å². The zero-order valence-corrected chi connectivity index (χ0v) is 19.9.